The van der Waals surface area contributed by atoms with E-state index in [1.54, 1.807) is 80.5 Å². The van der Waals surface area contributed by atoms with Crippen molar-refractivity contribution in [2.45, 2.75) is 85.2 Å². The molecule has 0 N–H and O–H groups in total. The molecule has 1 aromatic carbocycles. The summed E-state index contributed by atoms with van der Waals surface area (Å²) in [4.78, 5) is 51.5. The number of ether oxygens (including phenoxy) is 4. The van der Waals surface area contributed by atoms with Crippen molar-refractivity contribution < 1.29 is 38.1 Å². The second-order valence-electron chi connectivity index (χ2n) is 10.0. The molecule has 0 aliphatic carbocycles. The summed E-state index contributed by atoms with van der Waals surface area (Å²) in [6, 6.07) is 7.93. The number of carbonyl (C=O) groups excluding carboxylic acids is 4. The van der Waals surface area contributed by atoms with Crippen molar-refractivity contribution in [3.05, 3.63) is 35.9 Å². The average molecular weight is 452 g/mol. The van der Waals surface area contributed by atoms with Crippen molar-refractivity contribution in [3.63, 3.8) is 0 Å². The van der Waals surface area contributed by atoms with Crippen molar-refractivity contribution >= 4 is 24.2 Å². The lowest BCUT2D eigenvalue weighted by atomic mass is 10.1. The fourth-order valence-corrected chi connectivity index (χ4v) is 2.25. The molecule has 3 amide bonds. The molecule has 0 aliphatic rings. The largest absolute Gasteiger partial charge is 0.509 e. The molecule has 9 heteroatoms. The highest BCUT2D eigenvalue weighted by Gasteiger charge is 2.42. The lowest BCUT2D eigenvalue weighted by Gasteiger charge is -2.29. The van der Waals surface area contributed by atoms with E-state index in [-0.39, 0.29) is 10.5 Å². The first-order valence-corrected chi connectivity index (χ1v) is 10.1. The van der Waals surface area contributed by atoms with E-state index in [1.165, 1.54) is 12.1 Å². The van der Waals surface area contributed by atoms with Crippen LogP contribution in [0.15, 0.2) is 30.3 Å². The molecule has 0 heterocycles. The summed E-state index contributed by atoms with van der Waals surface area (Å²) in [5.74, 6) is -1.16. The predicted molar refractivity (Wildman–Crippen MR) is 116 cm³/mol. The van der Waals surface area contributed by atoms with Crippen LogP contribution in [0.1, 0.15) is 74.0 Å². The summed E-state index contributed by atoms with van der Waals surface area (Å²) in [6.45, 7) is 14.3. The van der Waals surface area contributed by atoms with E-state index < -0.39 is 47.2 Å². The van der Waals surface area contributed by atoms with Gasteiger partial charge in [-0.25, -0.2) is 14.4 Å². The van der Waals surface area contributed by atoms with Crippen LogP contribution in [0.25, 0.3) is 0 Å². The maximum absolute atomic E-state index is 13.4. The SMILES string of the molecule is CC(C)(C)OC(=O)OC(C(=O)N(C(=O)OC(C)(C)C)C(=O)OC(C)(C)C)c1ccccc1. The third-order valence-corrected chi connectivity index (χ3v) is 3.30. The number of carbonyl (C=O) groups is 4. The molecule has 0 spiro atoms. The van der Waals surface area contributed by atoms with E-state index in [9.17, 15) is 19.2 Å². The van der Waals surface area contributed by atoms with Crippen LogP contribution in [0, 0.1) is 0 Å². The van der Waals surface area contributed by atoms with Gasteiger partial charge in [-0.05, 0) is 62.3 Å². The number of benzene rings is 1. The molecular formula is C23H33NO8. The molecule has 1 aromatic rings. The number of imide groups is 3. The number of hydrogen-bond donors (Lipinski definition) is 0. The molecule has 0 aromatic heterocycles. The standard InChI is InChI=1S/C23H33NO8/c1-21(2,3)30-18(26)24(19(27)31-22(4,5)6)17(25)16(15-13-11-10-12-14-15)29-20(28)32-23(7,8)9/h10-14,16H,1-9H3. The molecular weight excluding hydrogens is 418 g/mol. The fourth-order valence-electron chi connectivity index (χ4n) is 2.25. The second kappa shape index (κ2) is 10.0. The first-order chi connectivity index (χ1) is 14.4. The number of nitrogens with zero attached hydrogens (tertiary/aromatic N) is 1. The van der Waals surface area contributed by atoms with Crippen molar-refractivity contribution in [1.29, 1.82) is 0 Å². The summed E-state index contributed by atoms with van der Waals surface area (Å²) in [6.07, 6.45) is -5.32. The Morgan fingerprint density at radius 3 is 1.47 bits per heavy atom. The number of amides is 3. The minimum atomic E-state index is -1.66. The van der Waals surface area contributed by atoms with Crippen LogP contribution in [0.5, 0.6) is 0 Å². The highest BCUT2D eigenvalue weighted by Crippen LogP contribution is 2.25. The smallest absolute Gasteiger partial charge is 0.443 e. The summed E-state index contributed by atoms with van der Waals surface area (Å²) in [7, 11) is 0. The van der Waals surface area contributed by atoms with E-state index >= 15 is 0 Å². The van der Waals surface area contributed by atoms with Gasteiger partial charge in [-0.2, -0.15) is 0 Å². The first kappa shape index (κ1) is 26.9. The molecule has 1 atom stereocenters. The predicted octanol–water partition coefficient (Wildman–Crippen LogP) is 5.38. The van der Waals surface area contributed by atoms with E-state index in [4.69, 9.17) is 18.9 Å². The number of rotatable bonds is 3. The molecule has 0 saturated carbocycles. The van der Waals surface area contributed by atoms with Crippen LogP contribution in [0.4, 0.5) is 14.4 Å². The van der Waals surface area contributed by atoms with Gasteiger partial charge in [0.2, 0.25) is 6.10 Å². The Bertz CT molecular complexity index is 800. The molecule has 0 saturated heterocycles. The quantitative estimate of drug-likeness (QED) is 0.445. The van der Waals surface area contributed by atoms with Crippen LogP contribution < -0.4 is 0 Å². The Labute approximate surface area is 188 Å². The fraction of sp³-hybridized carbons (Fsp3) is 0.565. The Kier molecular flexibility index (Phi) is 8.43. The minimum Gasteiger partial charge on any atom is -0.443 e. The van der Waals surface area contributed by atoms with Gasteiger partial charge in [0, 0.05) is 5.56 Å². The Morgan fingerprint density at radius 1 is 0.688 bits per heavy atom. The van der Waals surface area contributed by atoms with Crippen molar-refractivity contribution in [1.82, 2.24) is 4.90 Å². The zero-order valence-electron chi connectivity index (χ0n) is 20.2. The van der Waals surface area contributed by atoms with Gasteiger partial charge < -0.3 is 18.9 Å². The van der Waals surface area contributed by atoms with Crippen LogP contribution in [-0.2, 0) is 23.7 Å². The van der Waals surface area contributed by atoms with Gasteiger partial charge in [-0.3, -0.25) is 4.79 Å². The van der Waals surface area contributed by atoms with Crippen LogP contribution in [-0.4, -0.2) is 46.0 Å². The Balaban J connectivity index is 3.40. The summed E-state index contributed by atoms with van der Waals surface area (Å²) in [5, 5.41) is 0. The van der Waals surface area contributed by atoms with Gasteiger partial charge in [0.05, 0.1) is 0 Å². The molecule has 1 rings (SSSR count). The van der Waals surface area contributed by atoms with E-state index in [1.807, 2.05) is 0 Å². The summed E-state index contributed by atoms with van der Waals surface area (Å²) in [5.41, 5.74) is -2.68. The van der Waals surface area contributed by atoms with Crippen LogP contribution in [0.2, 0.25) is 0 Å². The van der Waals surface area contributed by atoms with Gasteiger partial charge >= 0.3 is 18.3 Å². The lowest BCUT2D eigenvalue weighted by Crippen LogP contribution is -2.49. The minimum absolute atomic E-state index is 0.193. The van der Waals surface area contributed by atoms with Gasteiger partial charge in [0.15, 0.2) is 0 Å². The van der Waals surface area contributed by atoms with Gasteiger partial charge in [0.25, 0.3) is 5.91 Å². The maximum Gasteiger partial charge on any atom is 0.509 e. The lowest BCUT2D eigenvalue weighted by molar-refractivity contribution is -0.141. The van der Waals surface area contributed by atoms with Crippen molar-refractivity contribution in [3.8, 4) is 0 Å². The highest BCUT2D eigenvalue weighted by molar-refractivity contribution is 6.08. The third-order valence-electron chi connectivity index (χ3n) is 3.30. The average Bonchev–Trinajstić information content (AvgIpc) is 2.55. The molecule has 0 fully saturated rings. The maximum atomic E-state index is 13.4. The van der Waals surface area contributed by atoms with Crippen LogP contribution in [0.3, 0.4) is 0 Å². The molecule has 0 aliphatic heterocycles. The normalized spacial score (nSPS) is 12.9. The Morgan fingerprint density at radius 2 is 1.09 bits per heavy atom. The molecule has 9 nitrogen and oxygen atoms in total. The zero-order valence-corrected chi connectivity index (χ0v) is 20.2. The van der Waals surface area contributed by atoms with E-state index in [0.717, 1.165) is 0 Å². The number of hydrogen-bond acceptors (Lipinski definition) is 8. The van der Waals surface area contributed by atoms with Gasteiger partial charge in [-0.1, -0.05) is 30.3 Å². The zero-order chi connectivity index (χ0) is 24.9. The first-order valence-electron chi connectivity index (χ1n) is 10.1. The van der Waals surface area contributed by atoms with Crippen molar-refractivity contribution in [2.75, 3.05) is 0 Å². The molecule has 0 bridgehead atoms. The van der Waals surface area contributed by atoms with Crippen molar-refractivity contribution in [2.24, 2.45) is 0 Å². The van der Waals surface area contributed by atoms with E-state index in [0.29, 0.717) is 0 Å². The monoisotopic (exact) mass is 451 g/mol. The molecule has 0 radical (unpaired) electrons. The van der Waals surface area contributed by atoms with E-state index in [2.05, 4.69) is 0 Å². The summed E-state index contributed by atoms with van der Waals surface area (Å²) < 4.78 is 20.8. The van der Waals surface area contributed by atoms with Gasteiger partial charge in [0.1, 0.15) is 16.8 Å². The molecule has 1 unspecified atom stereocenters. The van der Waals surface area contributed by atoms with Gasteiger partial charge in [-0.15, -0.1) is 4.90 Å². The highest BCUT2D eigenvalue weighted by atomic mass is 16.7. The summed E-state index contributed by atoms with van der Waals surface area (Å²) >= 11 is 0. The second-order valence-corrected chi connectivity index (χ2v) is 10.0. The Hall–Kier alpha value is -3.10. The topological polar surface area (TPSA) is 108 Å². The molecule has 32 heavy (non-hydrogen) atoms. The third kappa shape index (κ3) is 9.36. The van der Waals surface area contributed by atoms with Crippen LogP contribution >= 0.6 is 0 Å². The molecule has 178 valence electrons.